The molecule has 130 valence electrons. The number of aliphatic hydroxyl groups excluding tert-OH is 1. The molecule has 3 aromatic rings. The summed E-state index contributed by atoms with van der Waals surface area (Å²) in [6.45, 7) is -0.00997. The highest BCUT2D eigenvalue weighted by Crippen LogP contribution is 2.21. The predicted octanol–water partition coefficient (Wildman–Crippen LogP) is 1.60. The Bertz CT molecular complexity index is 861. The number of aryl methyl sites for hydroxylation is 1. The van der Waals surface area contributed by atoms with Crippen molar-refractivity contribution in [3.05, 3.63) is 60.4 Å². The van der Waals surface area contributed by atoms with E-state index in [0.717, 1.165) is 0 Å². The second-order valence-corrected chi connectivity index (χ2v) is 5.41. The number of benzene rings is 1. The van der Waals surface area contributed by atoms with Crippen LogP contribution < -0.4 is 10.6 Å². The Morgan fingerprint density at radius 2 is 2.24 bits per heavy atom. The number of amides is 2. The van der Waals surface area contributed by atoms with Crippen LogP contribution in [0.5, 0.6) is 0 Å². The Morgan fingerprint density at radius 1 is 1.40 bits per heavy atom. The third kappa shape index (κ3) is 4.01. The molecule has 9 heteroatoms. The fourth-order valence-electron chi connectivity index (χ4n) is 2.31. The number of nitrogens with zero attached hydrogens (tertiary/aromatic N) is 4. The van der Waals surface area contributed by atoms with Crippen LogP contribution in [0.15, 0.2) is 49.1 Å². The lowest BCUT2D eigenvalue weighted by Crippen LogP contribution is -2.32. The van der Waals surface area contributed by atoms with Crippen molar-refractivity contribution in [1.82, 2.24) is 24.9 Å². The van der Waals surface area contributed by atoms with Crippen LogP contribution in [0.4, 0.5) is 14.9 Å². The van der Waals surface area contributed by atoms with Crippen molar-refractivity contribution in [3.8, 4) is 5.69 Å². The van der Waals surface area contributed by atoms with E-state index in [1.165, 1.54) is 29.1 Å². The summed E-state index contributed by atoms with van der Waals surface area (Å²) in [6.07, 6.45) is 5.55. The third-order valence-electron chi connectivity index (χ3n) is 3.52. The number of hydrogen-bond acceptors (Lipinski definition) is 4. The normalized spacial score (nSPS) is 12.0. The molecule has 1 aromatic carbocycles. The molecule has 2 heterocycles. The maximum Gasteiger partial charge on any atom is 0.319 e. The highest BCUT2D eigenvalue weighted by Gasteiger charge is 2.13. The second-order valence-electron chi connectivity index (χ2n) is 5.41. The quantitative estimate of drug-likeness (QED) is 0.655. The Kier molecular flexibility index (Phi) is 4.75. The van der Waals surface area contributed by atoms with Crippen LogP contribution in [0.2, 0.25) is 0 Å². The predicted molar refractivity (Wildman–Crippen MR) is 88.7 cm³/mol. The Labute approximate surface area is 142 Å². The van der Waals surface area contributed by atoms with Crippen LogP contribution in [-0.2, 0) is 7.05 Å². The first-order valence-electron chi connectivity index (χ1n) is 7.54. The molecule has 2 aromatic heterocycles. The number of carbonyl (C=O) groups is 1. The molecule has 0 spiro atoms. The van der Waals surface area contributed by atoms with Gasteiger partial charge in [0.25, 0.3) is 0 Å². The molecule has 2 amide bonds. The average Bonchev–Trinajstić information content (AvgIpc) is 3.24. The van der Waals surface area contributed by atoms with E-state index in [9.17, 15) is 14.3 Å². The number of urea groups is 1. The minimum absolute atomic E-state index is 0.00997. The Balaban J connectivity index is 1.66. The van der Waals surface area contributed by atoms with Crippen molar-refractivity contribution in [3.63, 3.8) is 0 Å². The molecule has 0 aliphatic carbocycles. The lowest BCUT2D eigenvalue weighted by Gasteiger charge is -2.14. The number of aliphatic hydroxyl groups is 1. The number of halogens is 1. The van der Waals surface area contributed by atoms with E-state index in [-0.39, 0.29) is 12.2 Å². The summed E-state index contributed by atoms with van der Waals surface area (Å²) < 4.78 is 16.6. The fraction of sp³-hybridized carbons (Fsp3) is 0.188. The van der Waals surface area contributed by atoms with E-state index in [0.29, 0.717) is 11.3 Å². The summed E-state index contributed by atoms with van der Waals surface area (Å²) in [5.74, 6) is -0.485. The van der Waals surface area contributed by atoms with Gasteiger partial charge in [0, 0.05) is 37.7 Å². The molecular weight excluding hydrogens is 327 g/mol. The van der Waals surface area contributed by atoms with Crippen molar-refractivity contribution >= 4 is 11.7 Å². The van der Waals surface area contributed by atoms with Gasteiger partial charge in [-0.2, -0.15) is 10.2 Å². The molecule has 1 atom stereocenters. The van der Waals surface area contributed by atoms with Crippen molar-refractivity contribution in [2.45, 2.75) is 6.10 Å². The molecule has 0 fully saturated rings. The van der Waals surface area contributed by atoms with Gasteiger partial charge in [-0.25, -0.2) is 13.9 Å². The van der Waals surface area contributed by atoms with Gasteiger partial charge in [-0.3, -0.25) is 4.68 Å². The highest BCUT2D eigenvalue weighted by molar-refractivity contribution is 5.91. The molecule has 0 aliphatic heterocycles. The smallest absolute Gasteiger partial charge is 0.319 e. The van der Waals surface area contributed by atoms with Crippen molar-refractivity contribution < 1.29 is 14.3 Å². The molecule has 1 unspecified atom stereocenters. The summed E-state index contributed by atoms with van der Waals surface area (Å²) in [5, 5.41) is 23.2. The van der Waals surface area contributed by atoms with Gasteiger partial charge >= 0.3 is 6.03 Å². The first-order valence-corrected chi connectivity index (χ1v) is 7.54. The standard InChI is InChI=1S/C16H17FN6O2/c1-22-10-11(8-20-22)15(24)9-18-16(25)21-13-7-12(17)3-4-14(13)23-6-2-5-19-23/h2-8,10,15,24H,9H2,1H3,(H2,18,21,25). The molecular formula is C16H17FN6O2. The van der Waals surface area contributed by atoms with Crippen LogP contribution in [-0.4, -0.2) is 37.2 Å². The number of carbonyl (C=O) groups excluding carboxylic acids is 1. The first kappa shape index (κ1) is 16.7. The number of aromatic nitrogens is 4. The molecule has 0 bridgehead atoms. The van der Waals surface area contributed by atoms with Gasteiger partial charge in [-0.1, -0.05) is 0 Å². The van der Waals surface area contributed by atoms with E-state index in [2.05, 4.69) is 20.8 Å². The van der Waals surface area contributed by atoms with Gasteiger partial charge in [0.1, 0.15) is 5.82 Å². The number of rotatable bonds is 5. The number of hydrogen-bond donors (Lipinski definition) is 3. The van der Waals surface area contributed by atoms with Crippen LogP contribution in [0, 0.1) is 5.82 Å². The van der Waals surface area contributed by atoms with E-state index < -0.39 is 18.0 Å². The maximum absolute atomic E-state index is 13.5. The third-order valence-corrected chi connectivity index (χ3v) is 3.52. The molecule has 3 N–H and O–H groups in total. The first-order chi connectivity index (χ1) is 12.0. The maximum atomic E-state index is 13.5. The van der Waals surface area contributed by atoms with E-state index in [4.69, 9.17) is 0 Å². The lowest BCUT2D eigenvalue weighted by molar-refractivity contribution is 0.175. The second kappa shape index (κ2) is 7.14. The number of anilines is 1. The van der Waals surface area contributed by atoms with Crippen LogP contribution in [0.25, 0.3) is 5.69 Å². The van der Waals surface area contributed by atoms with Gasteiger partial charge in [0.05, 0.1) is 23.7 Å². The van der Waals surface area contributed by atoms with Crippen molar-refractivity contribution in [2.24, 2.45) is 7.05 Å². The minimum atomic E-state index is -0.891. The number of nitrogens with one attached hydrogen (secondary N) is 2. The van der Waals surface area contributed by atoms with Gasteiger partial charge in [-0.05, 0) is 24.3 Å². The molecule has 8 nitrogen and oxygen atoms in total. The monoisotopic (exact) mass is 344 g/mol. The van der Waals surface area contributed by atoms with Gasteiger partial charge < -0.3 is 15.7 Å². The summed E-state index contributed by atoms with van der Waals surface area (Å²) in [6, 6.07) is 5.15. The summed E-state index contributed by atoms with van der Waals surface area (Å²) in [4.78, 5) is 12.1. The van der Waals surface area contributed by atoms with E-state index >= 15 is 0 Å². The Morgan fingerprint density at radius 3 is 2.92 bits per heavy atom. The zero-order valence-corrected chi connectivity index (χ0v) is 13.4. The minimum Gasteiger partial charge on any atom is -0.386 e. The van der Waals surface area contributed by atoms with Crippen molar-refractivity contribution in [1.29, 1.82) is 0 Å². The van der Waals surface area contributed by atoms with Gasteiger partial charge in [0.2, 0.25) is 0 Å². The largest absolute Gasteiger partial charge is 0.386 e. The van der Waals surface area contributed by atoms with Crippen LogP contribution >= 0.6 is 0 Å². The molecule has 0 aliphatic rings. The van der Waals surface area contributed by atoms with E-state index in [1.54, 1.807) is 36.4 Å². The summed E-state index contributed by atoms with van der Waals surface area (Å²) >= 11 is 0. The summed E-state index contributed by atoms with van der Waals surface area (Å²) in [7, 11) is 1.73. The molecule has 0 saturated heterocycles. The zero-order valence-electron chi connectivity index (χ0n) is 13.4. The SMILES string of the molecule is Cn1cc(C(O)CNC(=O)Nc2cc(F)ccc2-n2cccn2)cn1. The molecule has 3 rings (SSSR count). The average molecular weight is 344 g/mol. The lowest BCUT2D eigenvalue weighted by atomic mass is 10.2. The Hall–Kier alpha value is -3.20. The topological polar surface area (TPSA) is 97.0 Å². The van der Waals surface area contributed by atoms with E-state index in [1.807, 2.05) is 0 Å². The van der Waals surface area contributed by atoms with Gasteiger partial charge in [-0.15, -0.1) is 0 Å². The highest BCUT2D eigenvalue weighted by atomic mass is 19.1. The van der Waals surface area contributed by atoms with Crippen LogP contribution in [0.3, 0.4) is 0 Å². The fourth-order valence-corrected chi connectivity index (χ4v) is 2.31. The summed E-state index contributed by atoms with van der Waals surface area (Å²) in [5.41, 5.74) is 1.37. The molecule has 0 saturated carbocycles. The van der Waals surface area contributed by atoms with Crippen molar-refractivity contribution in [2.75, 3.05) is 11.9 Å². The zero-order chi connectivity index (χ0) is 17.8. The van der Waals surface area contributed by atoms with Gasteiger partial charge in [0.15, 0.2) is 0 Å². The van der Waals surface area contributed by atoms with Crippen LogP contribution in [0.1, 0.15) is 11.7 Å². The molecule has 0 radical (unpaired) electrons. The molecule has 25 heavy (non-hydrogen) atoms.